The maximum atomic E-state index is 11.1. The number of nitro benzene ring substituents is 1. The fraction of sp³-hybridized carbons (Fsp3) is 0. The van der Waals surface area contributed by atoms with E-state index >= 15 is 0 Å². The summed E-state index contributed by atoms with van der Waals surface area (Å²) in [6, 6.07) is 23.4. The van der Waals surface area contributed by atoms with E-state index in [9.17, 15) is 10.1 Å². The van der Waals surface area contributed by atoms with E-state index in [4.69, 9.17) is 4.74 Å². The van der Waals surface area contributed by atoms with E-state index in [2.05, 4.69) is 9.97 Å². The van der Waals surface area contributed by atoms with E-state index < -0.39 is 4.92 Å². The molecule has 0 spiro atoms. The number of imidazole rings is 1. The van der Waals surface area contributed by atoms with Gasteiger partial charge in [-0.15, -0.1) is 0 Å². The van der Waals surface area contributed by atoms with Gasteiger partial charge < -0.3 is 9.72 Å². The normalized spacial score (nSPS) is 11.5. The number of aromatic nitrogens is 2. The Morgan fingerprint density at radius 1 is 1.00 bits per heavy atom. The first kappa shape index (κ1) is 16.5. The van der Waals surface area contributed by atoms with Crippen molar-refractivity contribution < 1.29 is 9.66 Å². The van der Waals surface area contributed by atoms with Crippen molar-refractivity contribution in [3.05, 3.63) is 100 Å². The zero-order chi connectivity index (χ0) is 18.6. The average Bonchev–Trinajstić information content (AvgIpc) is 3.13. The Balaban J connectivity index is 1.80. The summed E-state index contributed by atoms with van der Waals surface area (Å²) in [4.78, 5) is 18.4. The summed E-state index contributed by atoms with van der Waals surface area (Å²) < 4.78 is 6.03. The van der Waals surface area contributed by atoms with Crippen LogP contribution in [-0.2, 0) is 0 Å². The number of para-hydroxylation sites is 3. The molecular weight excluding hydrogens is 342 g/mol. The van der Waals surface area contributed by atoms with Gasteiger partial charge in [-0.1, -0.05) is 42.5 Å². The Morgan fingerprint density at radius 3 is 2.56 bits per heavy atom. The van der Waals surface area contributed by atoms with Gasteiger partial charge >= 0.3 is 0 Å². The largest absolute Gasteiger partial charge is 0.453 e. The third-order valence-corrected chi connectivity index (χ3v) is 3.97. The number of aromatic amines is 1. The van der Waals surface area contributed by atoms with Gasteiger partial charge in [0.25, 0.3) is 5.69 Å². The predicted octanol–water partition coefficient (Wildman–Crippen LogP) is 5.05. The second-order valence-electron chi connectivity index (χ2n) is 5.88. The topological polar surface area (TPSA) is 81.1 Å². The zero-order valence-electron chi connectivity index (χ0n) is 14.2. The number of nitrogens with one attached hydrogen (secondary N) is 1. The molecule has 0 radical (unpaired) electrons. The van der Waals surface area contributed by atoms with Crippen molar-refractivity contribution in [3.63, 3.8) is 0 Å². The van der Waals surface area contributed by atoms with Crippen molar-refractivity contribution >= 4 is 28.6 Å². The Kier molecular flexibility index (Phi) is 4.37. The maximum Gasteiger partial charge on any atom is 0.270 e. The van der Waals surface area contributed by atoms with Gasteiger partial charge in [-0.2, -0.15) is 0 Å². The van der Waals surface area contributed by atoms with E-state index in [0.29, 0.717) is 22.9 Å². The van der Waals surface area contributed by atoms with Gasteiger partial charge in [0.15, 0.2) is 11.6 Å². The van der Waals surface area contributed by atoms with Crippen LogP contribution in [0.1, 0.15) is 11.4 Å². The van der Waals surface area contributed by atoms with Crippen molar-refractivity contribution in [2.45, 2.75) is 0 Å². The lowest BCUT2D eigenvalue weighted by atomic mass is 10.2. The molecule has 0 amide bonds. The Bertz CT molecular complexity index is 1100. The number of benzene rings is 3. The Morgan fingerprint density at radius 2 is 1.78 bits per heavy atom. The van der Waals surface area contributed by atoms with Crippen molar-refractivity contribution in [3.8, 4) is 5.75 Å². The van der Waals surface area contributed by atoms with Crippen LogP contribution in [-0.4, -0.2) is 14.9 Å². The molecule has 0 bridgehead atoms. The van der Waals surface area contributed by atoms with Gasteiger partial charge in [0.05, 0.1) is 16.0 Å². The molecule has 6 nitrogen and oxygen atoms in total. The van der Waals surface area contributed by atoms with E-state index in [1.165, 1.54) is 12.1 Å². The van der Waals surface area contributed by atoms with Crippen LogP contribution in [0.15, 0.2) is 78.9 Å². The van der Waals surface area contributed by atoms with Gasteiger partial charge in [-0.05, 0) is 35.9 Å². The number of hydrogen-bond donors (Lipinski definition) is 1. The van der Waals surface area contributed by atoms with Crippen LogP contribution < -0.4 is 4.74 Å². The molecule has 6 heteroatoms. The number of H-pyrrole nitrogens is 1. The molecular formula is C21H15N3O3. The molecule has 0 aliphatic carbocycles. The van der Waals surface area contributed by atoms with E-state index in [0.717, 1.165) is 11.0 Å². The third kappa shape index (κ3) is 3.69. The van der Waals surface area contributed by atoms with Crippen LogP contribution in [0.4, 0.5) is 5.69 Å². The molecule has 4 aromatic rings. The molecule has 0 atom stereocenters. The third-order valence-electron chi connectivity index (χ3n) is 3.97. The van der Waals surface area contributed by atoms with Gasteiger partial charge in [0, 0.05) is 12.1 Å². The molecule has 0 aliphatic rings. The molecule has 0 saturated carbocycles. The number of rotatable bonds is 5. The van der Waals surface area contributed by atoms with Crippen molar-refractivity contribution in [2.24, 2.45) is 0 Å². The van der Waals surface area contributed by atoms with Gasteiger partial charge in [0.2, 0.25) is 0 Å². The fourth-order valence-electron chi connectivity index (χ4n) is 2.71. The zero-order valence-corrected chi connectivity index (χ0v) is 14.2. The van der Waals surface area contributed by atoms with Crippen molar-refractivity contribution in [2.75, 3.05) is 0 Å². The van der Waals surface area contributed by atoms with Crippen molar-refractivity contribution in [1.29, 1.82) is 0 Å². The quantitative estimate of drug-likeness (QED) is 0.308. The van der Waals surface area contributed by atoms with Crippen molar-refractivity contribution in [1.82, 2.24) is 9.97 Å². The summed E-state index contributed by atoms with van der Waals surface area (Å²) in [5.41, 5.74) is 2.37. The monoisotopic (exact) mass is 357 g/mol. The second kappa shape index (κ2) is 7.13. The Hall–Kier alpha value is -3.93. The summed E-state index contributed by atoms with van der Waals surface area (Å²) in [6.45, 7) is 0. The number of nitrogens with zero attached hydrogens (tertiary/aromatic N) is 2. The SMILES string of the molecule is O=[N+]([O-])c1cccc(/C=C(/Oc2ccccc2)c2nc3ccccc3[nH]2)c1. The first-order chi connectivity index (χ1) is 13.2. The number of non-ortho nitro benzene ring substituents is 1. The van der Waals surface area contributed by atoms with Gasteiger partial charge in [-0.25, -0.2) is 4.98 Å². The van der Waals surface area contributed by atoms with Gasteiger partial charge in [0.1, 0.15) is 5.75 Å². The second-order valence-corrected chi connectivity index (χ2v) is 5.88. The lowest BCUT2D eigenvalue weighted by molar-refractivity contribution is -0.384. The highest BCUT2D eigenvalue weighted by Gasteiger charge is 2.12. The van der Waals surface area contributed by atoms with E-state index in [1.807, 2.05) is 54.6 Å². The summed E-state index contributed by atoms with van der Waals surface area (Å²) in [5.74, 6) is 1.67. The number of ether oxygens (including phenoxy) is 1. The lowest BCUT2D eigenvalue weighted by Crippen LogP contribution is -1.97. The number of hydrogen-bond acceptors (Lipinski definition) is 4. The molecule has 132 valence electrons. The molecule has 3 aromatic carbocycles. The molecule has 1 heterocycles. The molecule has 0 unspecified atom stereocenters. The lowest BCUT2D eigenvalue weighted by Gasteiger charge is -2.08. The summed E-state index contributed by atoms with van der Waals surface area (Å²) in [5, 5.41) is 11.1. The standard InChI is InChI=1S/C21H15N3O3/c25-24(26)16-8-6-7-15(13-16)14-20(27-17-9-2-1-3-10-17)21-22-18-11-4-5-12-19(18)23-21/h1-14H,(H,22,23)/b20-14+. The Labute approximate surface area is 154 Å². The highest BCUT2D eigenvalue weighted by atomic mass is 16.6. The highest BCUT2D eigenvalue weighted by molar-refractivity contribution is 5.82. The molecule has 1 N–H and O–H groups in total. The highest BCUT2D eigenvalue weighted by Crippen LogP contribution is 2.25. The smallest absolute Gasteiger partial charge is 0.270 e. The summed E-state index contributed by atoms with van der Waals surface area (Å²) in [7, 11) is 0. The fourth-order valence-corrected chi connectivity index (χ4v) is 2.71. The molecule has 0 aliphatic heterocycles. The van der Waals surface area contributed by atoms with Crippen LogP contribution in [0.5, 0.6) is 5.75 Å². The summed E-state index contributed by atoms with van der Waals surface area (Å²) in [6.07, 6.45) is 1.73. The summed E-state index contributed by atoms with van der Waals surface area (Å²) >= 11 is 0. The minimum absolute atomic E-state index is 0.0208. The van der Waals surface area contributed by atoms with Crippen LogP contribution in [0.25, 0.3) is 22.9 Å². The minimum Gasteiger partial charge on any atom is -0.453 e. The number of fused-ring (bicyclic) bond motifs is 1. The molecule has 4 rings (SSSR count). The van der Waals surface area contributed by atoms with Crippen LogP contribution in [0.2, 0.25) is 0 Å². The van der Waals surface area contributed by atoms with Crippen LogP contribution in [0, 0.1) is 10.1 Å². The maximum absolute atomic E-state index is 11.1. The molecule has 0 saturated heterocycles. The van der Waals surface area contributed by atoms with Gasteiger partial charge in [-0.3, -0.25) is 10.1 Å². The molecule has 0 fully saturated rings. The first-order valence-electron chi connectivity index (χ1n) is 8.33. The van der Waals surface area contributed by atoms with E-state index in [-0.39, 0.29) is 5.69 Å². The van der Waals surface area contributed by atoms with E-state index in [1.54, 1.807) is 18.2 Å². The average molecular weight is 357 g/mol. The molecule has 1 aromatic heterocycles. The van der Waals surface area contributed by atoms with Crippen LogP contribution in [0.3, 0.4) is 0 Å². The first-order valence-corrected chi connectivity index (χ1v) is 8.33. The molecule has 27 heavy (non-hydrogen) atoms. The van der Waals surface area contributed by atoms with Crippen LogP contribution >= 0.6 is 0 Å². The predicted molar refractivity (Wildman–Crippen MR) is 104 cm³/mol. The minimum atomic E-state index is -0.420. The number of nitro groups is 1.